The minimum absolute atomic E-state index is 0.304. The normalized spacial score (nSPS) is 15.0. The van der Waals surface area contributed by atoms with E-state index in [1.54, 1.807) is 30.3 Å². The van der Waals surface area contributed by atoms with Crippen molar-refractivity contribution in [3.05, 3.63) is 87.0 Å². The molecule has 32 heavy (non-hydrogen) atoms. The van der Waals surface area contributed by atoms with Gasteiger partial charge >= 0.3 is 0 Å². The quantitative estimate of drug-likeness (QED) is 0.458. The number of carbonyl (C=O) groups excluding carboxylic acids is 3. The van der Waals surface area contributed by atoms with Gasteiger partial charge < -0.3 is 9.88 Å². The van der Waals surface area contributed by atoms with Crippen molar-refractivity contribution in [2.75, 3.05) is 11.9 Å². The molecule has 2 heterocycles. The van der Waals surface area contributed by atoms with E-state index in [0.717, 1.165) is 43.8 Å². The van der Waals surface area contributed by atoms with Crippen LogP contribution in [0.4, 0.5) is 10.5 Å². The zero-order chi connectivity index (χ0) is 22.8. The van der Waals surface area contributed by atoms with Crippen molar-refractivity contribution in [1.29, 1.82) is 0 Å². The summed E-state index contributed by atoms with van der Waals surface area (Å²) < 4.78 is 3.09. The zero-order valence-corrected chi connectivity index (χ0v) is 19.9. The van der Waals surface area contributed by atoms with E-state index in [0.29, 0.717) is 10.6 Å². The van der Waals surface area contributed by atoms with Crippen LogP contribution < -0.4 is 5.32 Å². The number of nitrogens with one attached hydrogen (secondary N) is 1. The SMILES string of the molecule is Cc1cc(/C=C2\SC(=O)N(CC(=O)Nc3ccccc3)C2=O)c(C)n1-c1ccc(Br)cc1. The second-order valence-electron chi connectivity index (χ2n) is 7.32. The van der Waals surface area contributed by atoms with Crippen molar-refractivity contribution in [3.63, 3.8) is 0 Å². The predicted octanol–water partition coefficient (Wildman–Crippen LogP) is 5.53. The lowest BCUT2D eigenvalue weighted by molar-refractivity contribution is -0.127. The van der Waals surface area contributed by atoms with Gasteiger partial charge in [-0.3, -0.25) is 19.3 Å². The summed E-state index contributed by atoms with van der Waals surface area (Å²) in [5.74, 6) is -0.884. The summed E-state index contributed by atoms with van der Waals surface area (Å²) in [6.07, 6.45) is 1.72. The Balaban J connectivity index is 1.53. The highest BCUT2D eigenvalue weighted by atomic mass is 79.9. The molecule has 6 nitrogen and oxygen atoms in total. The molecule has 1 saturated heterocycles. The summed E-state index contributed by atoms with van der Waals surface area (Å²) in [4.78, 5) is 38.9. The van der Waals surface area contributed by atoms with Gasteiger partial charge in [0.1, 0.15) is 6.54 Å². The molecular weight excluding hydrogens is 490 g/mol. The number of aromatic nitrogens is 1. The average Bonchev–Trinajstić information content (AvgIpc) is 3.19. The summed E-state index contributed by atoms with van der Waals surface area (Å²) in [6, 6.07) is 18.9. The van der Waals surface area contributed by atoms with E-state index in [-0.39, 0.29) is 6.54 Å². The Labute approximate surface area is 198 Å². The maximum Gasteiger partial charge on any atom is 0.294 e. The smallest absolute Gasteiger partial charge is 0.294 e. The van der Waals surface area contributed by atoms with Crippen molar-refractivity contribution in [1.82, 2.24) is 9.47 Å². The molecule has 0 radical (unpaired) electrons. The number of para-hydroxylation sites is 1. The first-order chi connectivity index (χ1) is 15.3. The molecule has 162 valence electrons. The third kappa shape index (κ3) is 4.56. The lowest BCUT2D eigenvalue weighted by Gasteiger charge is -2.12. The highest BCUT2D eigenvalue weighted by Gasteiger charge is 2.36. The molecule has 3 aromatic rings. The molecule has 0 atom stereocenters. The van der Waals surface area contributed by atoms with E-state index in [1.807, 2.05) is 50.2 Å². The van der Waals surface area contributed by atoms with Crippen molar-refractivity contribution in [2.45, 2.75) is 13.8 Å². The maximum atomic E-state index is 12.8. The number of carbonyl (C=O) groups is 3. The molecule has 3 amide bonds. The van der Waals surface area contributed by atoms with E-state index in [4.69, 9.17) is 0 Å². The van der Waals surface area contributed by atoms with E-state index in [2.05, 4.69) is 25.8 Å². The van der Waals surface area contributed by atoms with Gasteiger partial charge in [-0.15, -0.1) is 0 Å². The Morgan fingerprint density at radius 2 is 1.75 bits per heavy atom. The topological polar surface area (TPSA) is 71.4 Å². The number of thioether (sulfide) groups is 1. The first-order valence-corrected chi connectivity index (χ1v) is 11.5. The summed E-state index contributed by atoms with van der Waals surface area (Å²) in [7, 11) is 0. The first kappa shape index (κ1) is 22.1. The Hall–Kier alpha value is -3.10. The van der Waals surface area contributed by atoms with Gasteiger partial charge in [0.2, 0.25) is 5.91 Å². The van der Waals surface area contributed by atoms with Crippen molar-refractivity contribution >= 4 is 56.5 Å². The average molecular weight is 510 g/mol. The Kier molecular flexibility index (Phi) is 6.34. The molecule has 1 aromatic heterocycles. The van der Waals surface area contributed by atoms with Crippen LogP contribution in [-0.2, 0) is 9.59 Å². The maximum absolute atomic E-state index is 12.8. The second-order valence-corrected chi connectivity index (χ2v) is 9.23. The van der Waals surface area contributed by atoms with Gasteiger partial charge in [0, 0.05) is 27.2 Å². The third-order valence-corrected chi connectivity index (χ3v) is 6.51. The fourth-order valence-corrected chi connectivity index (χ4v) is 4.66. The molecule has 0 unspecified atom stereocenters. The molecule has 1 aliphatic heterocycles. The molecule has 0 bridgehead atoms. The molecule has 1 aliphatic rings. The van der Waals surface area contributed by atoms with Crippen LogP contribution in [0.25, 0.3) is 11.8 Å². The molecule has 1 N–H and O–H groups in total. The minimum atomic E-state index is -0.461. The van der Waals surface area contributed by atoms with Crippen LogP contribution in [0, 0.1) is 13.8 Å². The number of benzene rings is 2. The van der Waals surface area contributed by atoms with Crippen LogP contribution in [0.15, 0.2) is 70.0 Å². The van der Waals surface area contributed by atoms with E-state index < -0.39 is 17.1 Å². The minimum Gasteiger partial charge on any atom is -0.325 e. The summed E-state index contributed by atoms with van der Waals surface area (Å²) >= 11 is 4.30. The van der Waals surface area contributed by atoms with Gasteiger partial charge in [0.05, 0.1) is 4.91 Å². The molecule has 4 rings (SSSR count). The molecule has 0 saturated carbocycles. The van der Waals surface area contributed by atoms with Crippen molar-refractivity contribution in [2.24, 2.45) is 0 Å². The van der Waals surface area contributed by atoms with Crippen LogP contribution in [0.3, 0.4) is 0 Å². The number of aryl methyl sites for hydroxylation is 1. The largest absolute Gasteiger partial charge is 0.325 e. The van der Waals surface area contributed by atoms with Crippen LogP contribution in [-0.4, -0.2) is 33.1 Å². The van der Waals surface area contributed by atoms with Gasteiger partial charge in [-0.05, 0) is 79.7 Å². The standard InChI is InChI=1S/C24H20BrN3O3S/c1-15-12-17(16(2)28(15)20-10-8-18(25)9-11-20)13-21-23(30)27(24(31)32-21)14-22(29)26-19-6-4-3-5-7-19/h3-13H,14H2,1-2H3,(H,26,29)/b21-13-. The molecule has 0 aliphatic carbocycles. The number of hydrogen-bond donors (Lipinski definition) is 1. The van der Waals surface area contributed by atoms with Gasteiger partial charge in [-0.2, -0.15) is 0 Å². The number of halogens is 1. The fraction of sp³-hybridized carbons (Fsp3) is 0.125. The third-order valence-electron chi connectivity index (χ3n) is 5.07. The second kappa shape index (κ2) is 9.18. The van der Waals surface area contributed by atoms with Gasteiger partial charge in [0.25, 0.3) is 11.1 Å². The highest BCUT2D eigenvalue weighted by Crippen LogP contribution is 2.33. The molecular formula is C24H20BrN3O3S. The number of hydrogen-bond acceptors (Lipinski definition) is 4. The van der Waals surface area contributed by atoms with Crippen molar-refractivity contribution < 1.29 is 14.4 Å². The van der Waals surface area contributed by atoms with Gasteiger partial charge in [-0.25, -0.2) is 0 Å². The summed E-state index contributed by atoms with van der Waals surface area (Å²) in [5.41, 5.74) is 4.44. The monoisotopic (exact) mass is 509 g/mol. The number of amides is 3. The van der Waals surface area contributed by atoms with E-state index in [1.165, 1.54) is 0 Å². The molecule has 0 spiro atoms. The van der Waals surface area contributed by atoms with Crippen LogP contribution in [0.5, 0.6) is 0 Å². The zero-order valence-electron chi connectivity index (χ0n) is 17.5. The van der Waals surface area contributed by atoms with Crippen LogP contribution in [0.2, 0.25) is 0 Å². The van der Waals surface area contributed by atoms with E-state index in [9.17, 15) is 14.4 Å². The first-order valence-electron chi connectivity index (χ1n) is 9.88. The van der Waals surface area contributed by atoms with Crippen LogP contribution in [0.1, 0.15) is 17.0 Å². The predicted molar refractivity (Wildman–Crippen MR) is 131 cm³/mol. The Morgan fingerprint density at radius 1 is 1.06 bits per heavy atom. The molecule has 1 fully saturated rings. The lowest BCUT2D eigenvalue weighted by atomic mass is 10.2. The van der Waals surface area contributed by atoms with Gasteiger partial charge in [-0.1, -0.05) is 34.1 Å². The number of imide groups is 1. The van der Waals surface area contributed by atoms with E-state index >= 15 is 0 Å². The Bertz CT molecular complexity index is 1230. The summed E-state index contributed by atoms with van der Waals surface area (Å²) in [5, 5.41) is 2.24. The molecule has 8 heteroatoms. The number of nitrogens with zero attached hydrogens (tertiary/aromatic N) is 2. The number of anilines is 1. The van der Waals surface area contributed by atoms with Gasteiger partial charge in [0.15, 0.2) is 0 Å². The van der Waals surface area contributed by atoms with Crippen LogP contribution >= 0.6 is 27.7 Å². The highest BCUT2D eigenvalue weighted by molar-refractivity contribution is 9.10. The number of rotatable bonds is 5. The molecule has 2 aromatic carbocycles. The Morgan fingerprint density at radius 3 is 2.44 bits per heavy atom. The van der Waals surface area contributed by atoms with Crippen molar-refractivity contribution in [3.8, 4) is 5.69 Å². The summed E-state index contributed by atoms with van der Waals surface area (Å²) in [6.45, 7) is 3.64. The fourth-order valence-electron chi connectivity index (χ4n) is 3.56. The lowest BCUT2D eigenvalue weighted by Crippen LogP contribution is -2.36.